The van der Waals surface area contributed by atoms with Crippen LogP contribution in [0.15, 0.2) is 46.2 Å². The fourth-order valence-electron chi connectivity index (χ4n) is 1.96. The minimum atomic E-state index is -4.58. The topological polar surface area (TPSA) is 202 Å². The largest absolute Gasteiger partial charge is 1.00 e. The number of hydrogen-bond acceptors (Lipinski definition) is 7. The minimum absolute atomic E-state index is 0. The molecule has 8 N–H and O–H groups in total. The molecule has 0 saturated carbocycles. The molecule has 0 aromatic heterocycles. The zero-order valence-electron chi connectivity index (χ0n) is 13.9. The van der Waals surface area contributed by atoms with Crippen LogP contribution in [0, 0.1) is 0 Å². The van der Waals surface area contributed by atoms with Crippen molar-refractivity contribution in [2.75, 3.05) is 22.1 Å². The van der Waals surface area contributed by atoms with Crippen molar-refractivity contribution in [1.29, 1.82) is 0 Å². The molecule has 0 atom stereocenters. The molecule has 0 heterocycles. The fraction of sp³-hybridized carbons (Fsp3) is 0. The Morgan fingerprint density at radius 1 is 0.778 bits per heavy atom. The van der Waals surface area contributed by atoms with Crippen LogP contribution in [0.25, 0.3) is 0 Å². The van der Waals surface area contributed by atoms with E-state index in [1.807, 2.05) is 0 Å². The van der Waals surface area contributed by atoms with Crippen LogP contribution in [0.3, 0.4) is 0 Å². The number of nitrogens with two attached hydrogens (primary N) is 2. The first-order chi connectivity index (χ1) is 11.9. The number of urea groups is 1. The number of carbonyl (C=O) groups is 1. The van der Waals surface area contributed by atoms with Gasteiger partial charge < -0.3 is 22.1 Å². The van der Waals surface area contributed by atoms with E-state index < -0.39 is 36.1 Å². The number of amides is 2. The summed E-state index contributed by atoms with van der Waals surface area (Å²) in [6, 6.07) is 5.93. The monoisotopic (exact) mass is 425 g/mol. The Morgan fingerprint density at radius 2 is 1.11 bits per heavy atom. The second kappa shape index (κ2) is 8.43. The van der Waals surface area contributed by atoms with Gasteiger partial charge in [0.15, 0.2) is 0 Å². The average molecular weight is 425 g/mol. The van der Waals surface area contributed by atoms with Gasteiger partial charge in [0.1, 0.15) is 9.79 Å². The summed E-state index contributed by atoms with van der Waals surface area (Å²) in [5, 5.41) is 4.56. The number of benzene rings is 2. The Labute approximate surface area is 176 Å². The molecule has 0 spiro atoms. The van der Waals surface area contributed by atoms with Crippen molar-refractivity contribution in [3.63, 3.8) is 0 Å². The normalized spacial score (nSPS) is 11.3. The number of nitrogen functional groups attached to an aromatic ring is 2. The molecule has 2 aromatic rings. The van der Waals surface area contributed by atoms with Crippen LogP contribution in [0.4, 0.5) is 27.5 Å². The molecule has 140 valence electrons. The Kier molecular flexibility index (Phi) is 7.24. The van der Waals surface area contributed by atoms with Crippen molar-refractivity contribution >= 4 is 49.0 Å². The average Bonchev–Trinajstić information content (AvgIpc) is 2.49. The number of anilines is 4. The third-order valence-corrected chi connectivity index (χ3v) is 4.92. The van der Waals surface area contributed by atoms with Crippen molar-refractivity contribution in [3.05, 3.63) is 36.4 Å². The maximum Gasteiger partial charge on any atom is 1.00 e. The van der Waals surface area contributed by atoms with E-state index in [0.29, 0.717) is 0 Å². The molecule has 27 heavy (non-hydrogen) atoms. The smallest absolute Gasteiger partial charge is 0.398 e. The molecular formula is C13H14N4NaO7S2+. The van der Waals surface area contributed by atoms with E-state index in [9.17, 15) is 21.6 Å². The van der Waals surface area contributed by atoms with Gasteiger partial charge in [-0.25, -0.2) is 4.79 Å². The Balaban J connectivity index is 0.00000364. The van der Waals surface area contributed by atoms with Crippen molar-refractivity contribution in [3.8, 4) is 0 Å². The molecule has 2 rings (SSSR count). The van der Waals surface area contributed by atoms with Gasteiger partial charge in [-0.15, -0.1) is 0 Å². The first-order valence-electron chi connectivity index (χ1n) is 6.70. The van der Waals surface area contributed by atoms with E-state index in [0.717, 1.165) is 12.1 Å². The van der Waals surface area contributed by atoms with Crippen LogP contribution in [0.1, 0.15) is 0 Å². The molecule has 0 unspecified atom stereocenters. The first kappa shape index (κ1) is 23.2. The van der Waals surface area contributed by atoms with E-state index in [2.05, 4.69) is 10.6 Å². The molecule has 11 nitrogen and oxygen atoms in total. The Hall–Kier alpha value is -1.87. The van der Waals surface area contributed by atoms with Crippen LogP contribution in [0.2, 0.25) is 0 Å². The molecule has 2 aromatic carbocycles. The van der Waals surface area contributed by atoms with Crippen molar-refractivity contribution < 1.29 is 60.3 Å². The summed E-state index contributed by atoms with van der Waals surface area (Å²) in [6.45, 7) is 0. The SMILES string of the molecule is Nc1ccc(NC(=O)Nc2ccc(N)c(S(=O)(=O)O)c2)cc1S(=O)(=O)O.[Na+]. The molecule has 2 amide bonds. The summed E-state index contributed by atoms with van der Waals surface area (Å²) in [6.07, 6.45) is 0. The predicted octanol–water partition coefficient (Wildman–Crippen LogP) is -2.01. The molecule has 0 aliphatic rings. The Morgan fingerprint density at radius 3 is 1.41 bits per heavy atom. The first-order valence-corrected chi connectivity index (χ1v) is 9.58. The van der Waals surface area contributed by atoms with Crippen LogP contribution >= 0.6 is 0 Å². The summed E-state index contributed by atoms with van der Waals surface area (Å²) in [5.74, 6) is 0. The summed E-state index contributed by atoms with van der Waals surface area (Å²) in [5.41, 5.74) is 10.4. The standard InChI is InChI=1S/C13H14N4O7S2.Na/c14-9-3-1-7(5-11(9)25(19,20)21)16-13(18)17-8-2-4-10(15)12(6-8)26(22,23)24;/h1-6H,14-15H2,(H2,16,17,18)(H,19,20,21)(H,22,23,24);/q;+1. The van der Waals surface area contributed by atoms with Crippen molar-refractivity contribution in [2.24, 2.45) is 0 Å². The van der Waals surface area contributed by atoms with Crippen LogP contribution in [-0.4, -0.2) is 32.0 Å². The van der Waals surface area contributed by atoms with Crippen LogP contribution in [0.5, 0.6) is 0 Å². The molecule has 0 bridgehead atoms. The van der Waals surface area contributed by atoms with Gasteiger partial charge in [-0.1, -0.05) is 0 Å². The molecular weight excluding hydrogens is 411 g/mol. The second-order valence-corrected chi connectivity index (χ2v) is 7.81. The minimum Gasteiger partial charge on any atom is -0.398 e. The summed E-state index contributed by atoms with van der Waals surface area (Å²) in [4.78, 5) is 10.8. The third-order valence-electron chi connectivity index (χ3n) is 3.10. The fourth-order valence-corrected chi connectivity index (χ4v) is 3.25. The quantitative estimate of drug-likeness (QED) is 0.182. The number of nitrogens with one attached hydrogen (secondary N) is 2. The van der Waals surface area contributed by atoms with Gasteiger partial charge in [-0.3, -0.25) is 9.11 Å². The summed E-state index contributed by atoms with van der Waals surface area (Å²) in [7, 11) is -9.16. The summed E-state index contributed by atoms with van der Waals surface area (Å²) < 4.78 is 62.9. The maximum atomic E-state index is 12.0. The van der Waals surface area contributed by atoms with E-state index in [4.69, 9.17) is 20.6 Å². The molecule has 0 saturated heterocycles. The van der Waals surface area contributed by atoms with Gasteiger partial charge >= 0.3 is 35.6 Å². The predicted molar refractivity (Wildman–Crippen MR) is 94.0 cm³/mol. The summed E-state index contributed by atoms with van der Waals surface area (Å²) >= 11 is 0. The van der Waals surface area contributed by atoms with Gasteiger partial charge in [-0.2, -0.15) is 16.8 Å². The zero-order valence-corrected chi connectivity index (χ0v) is 17.5. The third kappa shape index (κ3) is 6.07. The number of rotatable bonds is 4. The van der Waals surface area contributed by atoms with E-state index in [1.165, 1.54) is 24.3 Å². The van der Waals surface area contributed by atoms with Gasteiger partial charge in [0.25, 0.3) is 20.2 Å². The maximum absolute atomic E-state index is 12.0. The van der Waals surface area contributed by atoms with E-state index in [1.54, 1.807) is 0 Å². The van der Waals surface area contributed by atoms with Crippen LogP contribution in [-0.2, 0) is 20.2 Å². The van der Waals surface area contributed by atoms with Gasteiger partial charge in [0.05, 0.1) is 11.4 Å². The Bertz CT molecular complexity index is 1000. The zero-order chi connectivity index (χ0) is 19.7. The van der Waals surface area contributed by atoms with Crippen molar-refractivity contribution in [2.45, 2.75) is 9.79 Å². The molecule has 0 radical (unpaired) electrons. The van der Waals surface area contributed by atoms with Gasteiger partial charge in [0.2, 0.25) is 0 Å². The van der Waals surface area contributed by atoms with E-state index in [-0.39, 0.29) is 52.3 Å². The molecule has 0 aliphatic carbocycles. The molecule has 0 fully saturated rings. The number of hydrogen-bond donors (Lipinski definition) is 6. The van der Waals surface area contributed by atoms with Gasteiger partial charge in [-0.05, 0) is 36.4 Å². The molecule has 0 aliphatic heterocycles. The van der Waals surface area contributed by atoms with Crippen LogP contribution < -0.4 is 51.7 Å². The second-order valence-electron chi connectivity index (χ2n) is 5.03. The number of carbonyl (C=O) groups excluding carboxylic acids is 1. The van der Waals surface area contributed by atoms with Crippen molar-refractivity contribution in [1.82, 2.24) is 0 Å². The van der Waals surface area contributed by atoms with E-state index >= 15 is 0 Å². The molecule has 14 heteroatoms. The van der Waals surface area contributed by atoms with Gasteiger partial charge in [0, 0.05) is 11.4 Å².